The lowest BCUT2D eigenvalue weighted by atomic mass is 10.1. The van der Waals surface area contributed by atoms with E-state index in [4.69, 9.17) is 0 Å². The van der Waals surface area contributed by atoms with Crippen LogP contribution in [-0.2, 0) is 6.54 Å². The highest BCUT2D eigenvalue weighted by molar-refractivity contribution is 8.00. The number of anilines is 1. The molecule has 1 unspecified atom stereocenters. The summed E-state index contributed by atoms with van der Waals surface area (Å²) < 4.78 is 14.2. The van der Waals surface area contributed by atoms with Gasteiger partial charge >= 0.3 is 0 Å². The molecule has 0 amide bonds. The van der Waals surface area contributed by atoms with Crippen molar-refractivity contribution in [3.8, 4) is 0 Å². The number of nitrogens with one attached hydrogen (secondary N) is 1. The van der Waals surface area contributed by atoms with E-state index in [2.05, 4.69) is 37.1 Å². The fourth-order valence-corrected chi connectivity index (χ4v) is 3.56. The smallest absolute Gasteiger partial charge is 0.129 e. The third kappa shape index (κ3) is 4.13. The molecule has 1 atom stereocenters. The standard InChI is InChI=1S/C16H25FN2S/c1-12(2)9-18-10-14-15(17)5-4-6-16(14)19-7-8-20-13(3)11-19/h4-6,12-13,18H,7-11H2,1-3H3. The first-order valence-corrected chi connectivity index (χ1v) is 8.47. The highest BCUT2D eigenvalue weighted by atomic mass is 32.2. The second kappa shape index (κ2) is 7.32. The largest absolute Gasteiger partial charge is 0.369 e. The number of benzene rings is 1. The van der Waals surface area contributed by atoms with E-state index in [1.165, 1.54) is 0 Å². The summed E-state index contributed by atoms with van der Waals surface area (Å²) in [5.41, 5.74) is 1.88. The molecule has 4 heteroatoms. The van der Waals surface area contributed by atoms with Crippen LogP contribution in [0.15, 0.2) is 18.2 Å². The Kier molecular flexibility index (Phi) is 5.73. The highest BCUT2D eigenvalue weighted by Crippen LogP contribution is 2.28. The Labute approximate surface area is 126 Å². The molecule has 1 aromatic carbocycles. The van der Waals surface area contributed by atoms with E-state index in [9.17, 15) is 4.39 Å². The molecule has 2 rings (SSSR count). The van der Waals surface area contributed by atoms with Crippen LogP contribution in [0.4, 0.5) is 10.1 Å². The van der Waals surface area contributed by atoms with Crippen molar-refractivity contribution in [1.82, 2.24) is 5.32 Å². The molecular formula is C16H25FN2S. The molecule has 1 N–H and O–H groups in total. The molecule has 1 aliphatic rings. The maximum absolute atomic E-state index is 14.2. The van der Waals surface area contributed by atoms with E-state index < -0.39 is 0 Å². The van der Waals surface area contributed by atoms with Gasteiger partial charge in [0.2, 0.25) is 0 Å². The number of nitrogens with zero attached hydrogens (tertiary/aromatic N) is 1. The van der Waals surface area contributed by atoms with Gasteiger partial charge < -0.3 is 10.2 Å². The molecule has 1 aromatic rings. The van der Waals surface area contributed by atoms with Crippen LogP contribution in [-0.4, -0.2) is 30.6 Å². The van der Waals surface area contributed by atoms with Crippen LogP contribution in [0.1, 0.15) is 26.3 Å². The minimum absolute atomic E-state index is 0.0929. The molecule has 0 bridgehead atoms. The molecule has 1 saturated heterocycles. The second-order valence-corrected chi connectivity index (χ2v) is 7.44. The summed E-state index contributed by atoms with van der Waals surface area (Å²) >= 11 is 2.00. The van der Waals surface area contributed by atoms with Crippen LogP contribution in [0.25, 0.3) is 0 Å². The van der Waals surface area contributed by atoms with Gasteiger partial charge in [0.05, 0.1) is 0 Å². The van der Waals surface area contributed by atoms with Crippen molar-refractivity contribution >= 4 is 17.4 Å². The Hall–Kier alpha value is -0.740. The zero-order valence-electron chi connectivity index (χ0n) is 12.7. The van der Waals surface area contributed by atoms with Gasteiger partial charge in [-0.3, -0.25) is 0 Å². The molecule has 0 spiro atoms. The van der Waals surface area contributed by atoms with E-state index >= 15 is 0 Å². The molecule has 1 aliphatic heterocycles. The zero-order valence-corrected chi connectivity index (χ0v) is 13.5. The van der Waals surface area contributed by atoms with Crippen molar-refractivity contribution in [3.63, 3.8) is 0 Å². The van der Waals surface area contributed by atoms with Crippen molar-refractivity contribution in [2.24, 2.45) is 5.92 Å². The molecule has 20 heavy (non-hydrogen) atoms. The van der Waals surface area contributed by atoms with Crippen molar-refractivity contribution < 1.29 is 4.39 Å². The number of halogens is 1. The molecule has 1 heterocycles. The van der Waals surface area contributed by atoms with E-state index in [1.54, 1.807) is 6.07 Å². The van der Waals surface area contributed by atoms with Gasteiger partial charge in [-0.1, -0.05) is 26.8 Å². The Morgan fingerprint density at radius 3 is 2.95 bits per heavy atom. The van der Waals surface area contributed by atoms with E-state index in [1.807, 2.05) is 17.8 Å². The van der Waals surface area contributed by atoms with Crippen molar-refractivity contribution in [2.75, 3.05) is 30.3 Å². The SMILES string of the molecule is CC(C)CNCc1c(F)cccc1N1CCSC(C)C1. The third-order valence-electron chi connectivity index (χ3n) is 3.53. The van der Waals surface area contributed by atoms with Gasteiger partial charge in [0.1, 0.15) is 5.82 Å². The monoisotopic (exact) mass is 296 g/mol. The van der Waals surface area contributed by atoms with Gasteiger partial charge in [0, 0.05) is 41.9 Å². The minimum atomic E-state index is -0.0929. The summed E-state index contributed by atoms with van der Waals surface area (Å²) in [6.07, 6.45) is 0. The van der Waals surface area contributed by atoms with E-state index in [-0.39, 0.29) is 5.82 Å². The summed E-state index contributed by atoms with van der Waals surface area (Å²) in [5, 5.41) is 3.98. The average Bonchev–Trinajstić information content (AvgIpc) is 2.40. The summed E-state index contributed by atoms with van der Waals surface area (Å²) in [4.78, 5) is 2.33. The van der Waals surface area contributed by atoms with Gasteiger partial charge in [-0.25, -0.2) is 4.39 Å². The minimum Gasteiger partial charge on any atom is -0.369 e. The van der Waals surface area contributed by atoms with Gasteiger partial charge in [0.25, 0.3) is 0 Å². The van der Waals surface area contributed by atoms with Gasteiger partial charge in [-0.2, -0.15) is 11.8 Å². The Morgan fingerprint density at radius 2 is 2.25 bits per heavy atom. The van der Waals surface area contributed by atoms with E-state index in [0.717, 1.165) is 36.6 Å². The predicted molar refractivity (Wildman–Crippen MR) is 87.1 cm³/mol. The first kappa shape index (κ1) is 15.6. The second-order valence-electron chi connectivity index (χ2n) is 5.89. The third-order valence-corrected chi connectivity index (χ3v) is 4.67. The number of hydrogen-bond acceptors (Lipinski definition) is 3. The van der Waals surface area contributed by atoms with Crippen molar-refractivity contribution in [1.29, 1.82) is 0 Å². The van der Waals surface area contributed by atoms with Crippen LogP contribution >= 0.6 is 11.8 Å². The number of hydrogen-bond donors (Lipinski definition) is 1. The normalized spacial score (nSPS) is 19.6. The lowest BCUT2D eigenvalue weighted by molar-refractivity contribution is 0.534. The van der Waals surface area contributed by atoms with Gasteiger partial charge in [-0.15, -0.1) is 0 Å². The first-order valence-electron chi connectivity index (χ1n) is 7.42. The quantitative estimate of drug-likeness (QED) is 0.895. The maximum atomic E-state index is 14.2. The first-order chi connectivity index (χ1) is 9.58. The van der Waals surface area contributed by atoms with Crippen LogP contribution in [0.3, 0.4) is 0 Å². The molecular weight excluding hydrogens is 271 g/mol. The zero-order chi connectivity index (χ0) is 14.5. The van der Waals surface area contributed by atoms with Gasteiger partial charge in [-0.05, 0) is 24.6 Å². The summed E-state index contributed by atoms with van der Waals surface area (Å²) in [7, 11) is 0. The molecule has 0 radical (unpaired) electrons. The van der Waals surface area contributed by atoms with Crippen LogP contribution in [0.5, 0.6) is 0 Å². The van der Waals surface area contributed by atoms with Crippen LogP contribution in [0.2, 0.25) is 0 Å². The molecule has 2 nitrogen and oxygen atoms in total. The summed E-state index contributed by atoms with van der Waals surface area (Å²) in [6, 6.07) is 5.44. The topological polar surface area (TPSA) is 15.3 Å². The average molecular weight is 296 g/mol. The lowest BCUT2D eigenvalue weighted by Crippen LogP contribution is -2.37. The summed E-state index contributed by atoms with van der Waals surface area (Å²) in [5.74, 6) is 1.61. The molecule has 1 fully saturated rings. The van der Waals surface area contributed by atoms with Crippen molar-refractivity contribution in [2.45, 2.75) is 32.6 Å². The van der Waals surface area contributed by atoms with Gasteiger partial charge in [0.15, 0.2) is 0 Å². The number of rotatable bonds is 5. The highest BCUT2D eigenvalue weighted by Gasteiger charge is 2.20. The lowest BCUT2D eigenvalue weighted by Gasteiger charge is -2.34. The molecule has 112 valence electrons. The van der Waals surface area contributed by atoms with Crippen molar-refractivity contribution in [3.05, 3.63) is 29.6 Å². The predicted octanol–water partition coefficient (Wildman–Crippen LogP) is 3.51. The fourth-order valence-electron chi connectivity index (χ4n) is 2.54. The Balaban J connectivity index is 2.12. The Bertz CT molecular complexity index is 436. The van der Waals surface area contributed by atoms with Crippen LogP contribution < -0.4 is 10.2 Å². The molecule has 0 aliphatic carbocycles. The maximum Gasteiger partial charge on any atom is 0.129 e. The molecule has 0 aromatic heterocycles. The summed E-state index contributed by atoms with van der Waals surface area (Å²) in [6.45, 7) is 10.1. The number of thioether (sulfide) groups is 1. The van der Waals surface area contributed by atoms with Crippen LogP contribution in [0, 0.1) is 11.7 Å². The Morgan fingerprint density at radius 1 is 1.45 bits per heavy atom. The van der Waals surface area contributed by atoms with E-state index in [0.29, 0.717) is 17.7 Å². The fraction of sp³-hybridized carbons (Fsp3) is 0.625. The molecule has 0 saturated carbocycles.